The Morgan fingerprint density at radius 2 is 1.92 bits per heavy atom. The highest BCUT2D eigenvalue weighted by Crippen LogP contribution is 2.35. The lowest BCUT2D eigenvalue weighted by atomic mass is 9.86. The molecule has 6 heteroatoms. The minimum Gasteiger partial charge on any atom is -0.496 e. The van der Waals surface area contributed by atoms with E-state index in [2.05, 4.69) is 5.32 Å². The number of nitrogens with one attached hydrogen (secondary N) is 1. The number of nitrogens with zero attached hydrogens (tertiary/aromatic N) is 1. The van der Waals surface area contributed by atoms with E-state index < -0.39 is 11.6 Å². The SMILES string of the molecule is CCC1(c2ccc(OC)c(C)c2)NC(=O)N(Cc2ccccc2Cl)C1=O. The number of carbonyl (C=O) groups is 2. The van der Waals surface area contributed by atoms with Crippen LogP contribution in [0.2, 0.25) is 5.02 Å². The molecule has 5 nitrogen and oxygen atoms in total. The number of urea groups is 1. The van der Waals surface area contributed by atoms with Crippen molar-refractivity contribution < 1.29 is 14.3 Å². The molecule has 1 unspecified atom stereocenters. The lowest BCUT2D eigenvalue weighted by Gasteiger charge is -2.26. The Bertz CT molecular complexity index is 868. The van der Waals surface area contributed by atoms with Crippen LogP contribution in [0, 0.1) is 6.92 Å². The summed E-state index contributed by atoms with van der Waals surface area (Å²) < 4.78 is 5.29. The quantitative estimate of drug-likeness (QED) is 0.806. The average Bonchev–Trinajstić information content (AvgIpc) is 2.88. The van der Waals surface area contributed by atoms with Crippen molar-refractivity contribution in [3.8, 4) is 5.75 Å². The van der Waals surface area contributed by atoms with Crippen LogP contribution in [0.3, 0.4) is 0 Å². The van der Waals surface area contributed by atoms with Gasteiger partial charge in [-0.1, -0.05) is 42.8 Å². The molecule has 1 aliphatic rings. The highest BCUT2D eigenvalue weighted by atomic mass is 35.5. The van der Waals surface area contributed by atoms with Gasteiger partial charge in [-0.25, -0.2) is 4.79 Å². The van der Waals surface area contributed by atoms with Crippen molar-refractivity contribution in [1.29, 1.82) is 0 Å². The van der Waals surface area contributed by atoms with Gasteiger partial charge in [0.25, 0.3) is 5.91 Å². The molecule has 1 heterocycles. The van der Waals surface area contributed by atoms with Gasteiger partial charge in [0.1, 0.15) is 11.3 Å². The van der Waals surface area contributed by atoms with Gasteiger partial charge in [-0.05, 0) is 48.2 Å². The molecule has 26 heavy (non-hydrogen) atoms. The Balaban J connectivity index is 1.97. The molecule has 0 radical (unpaired) electrons. The fraction of sp³-hybridized carbons (Fsp3) is 0.300. The monoisotopic (exact) mass is 372 g/mol. The lowest BCUT2D eigenvalue weighted by molar-refractivity contribution is -0.132. The topological polar surface area (TPSA) is 58.6 Å². The molecule has 1 saturated heterocycles. The Morgan fingerprint density at radius 1 is 1.19 bits per heavy atom. The zero-order valence-corrected chi connectivity index (χ0v) is 15.8. The van der Waals surface area contributed by atoms with E-state index in [1.165, 1.54) is 4.90 Å². The van der Waals surface area contributed by atoms with E-state index in [0.29, 0.717) is 11.4 Å². The van der Waals surface area contributed by atoms with Gasteiger partial charge in [0.15, 0.2) is 0 Å². The van der Waals surface area contributed by atoms with Crippen molar-refractivity contribution in [1.82, 2.24) is 10.2 Å². The Hall–Kier alpha value is -2.53. The van der Waals surface area contributed by atoms with Gasteiger partial charge in [-0.2, -0.15) is 0 Å². The summed E-state index contributed by atoms with van der Waals surface area (Å²) in [4.78, 5) is 27.0. The molecule has 1 N–H and O–H groups in total. The molecule has 0 saturated carbocycles. The number of methoxy groups -OCH3 is 1. The summed E-state index contributed by atoms with van der Waals surface area (Å²) in [6.45, 7) is 3.94. The van der Waals surface area contributed by atoms with Gasteiger partial charge in [-0.15, -0.1) is 0 Å². The number of aryl methyl sites for hydroxylation is 1. The molecule has 1 fully saturated rings. The molecule has 0 spiro atoms. The highest BCUT2D eigenvalue weighted by molar-refractivity contribution is 6.31. The van der Waals surface area contributed by atoms with Gasteiger partial charge >= 0.3 is 6.03 Å². The summed E-state index contributed by atoms with van der Waals surface area (Å²) >= 11 is 6.19. The Kier molecular flexibility index (Phi) is 4.92. The Morgan fingerprint density at radius 3 is 2.54 bits per heavy atom. The predicted molar refractivity (Wildman–Crippen MR) is 100 cm³/mol. The maximum Gasteiger partial charge on any atom is 0.325 e. The molecule has 0 aliphatic carbocycles. The van der Waals surface area contributed by atoms with Crippen LogP contribution in [0.15, 0.2) is 42.5 Å². The molecule has 136 valence electrons. The van der Waals surface area contributed by atoms with Crippen LogP contribution in [-0.4, -0.2) is 23.9 Å². The fourth-order valence-electron chi connectivity index (χ4n) is 3.35. The van der Waals surface area contributed by atoms with Gasteiger partial charge in [0.2, 0.25) is 0 Å². The van der Waals surface area contributed by atoms with Crippen LogP contribution in [0.5, 0.6) is 5.75 Å². The van der Waals surface area contributed by atoms with E-state index in [-0.39, 0.29) is 12.5 Å². The summed E-state index contributed by atoms with van der Waals surface area (Å²) in [5, 5.41) is 3.42. The average molecular weight is 373 g/mol. The number of hydrogen-bond donors (Lipinski definition) is 1. The first kappa shape index (κ1) is 18.3. The molecule has 1 aliphatic heterocycles. The van der Waals surface area contributed by atoms with Crippen LogP contribution in [0.25, 0.3) is 0 Å². The third kappa shape index (κ3) is 2.92. The summed E-state index contributed by atoms with van der Waals surface area (Å²) in [5.41, 5.74) is 1.31. The summed E-state index contributed by atoms with van der Waals surface area (Å²) in [7, 11) is 1.60. The maximum absolute atomic E-state index is 13.2. The normalized spacial score (nSPS) is 19.6. The third-order valence-corrected chi connectivity index (χ3v) is 5.25. The van der Waals surface area contributed by atoms with Gasteiger partial charge in [0, 0.05) is 5.02 Å². The summed E-state index contributed by atoms with van der Waals surface area (Å²) in [6.07, 6.45) is 0.447. The fourth-order valence-corrected chi connectivity index (χ4v) is 3.55. The second kappa shape index (κ2) is 7.00. The van der Waals surface area contributed by atoms with Crippen LogP contribution in [0.1, 0.15) is 30.0 Å². The smallest absolute Gasteiger partial charge is 0.325 e. The molecule has 1 atom stereocenters. The number of imide groups is 1. The van der Waals surface area contributed by atoms with E-state index in [9.17, 15) is 9.59 Å². The van der Waals surface area contributed by atoms with Crippen LogP contribution < -0.4 is 10.1 Å². The standard InChI is InChI=1S/C20H21ClN2O3/c1-4-20(15-9-10-17(26-3)13(2)11-15)18(24)23(19(25)22-20)12-14-7-5-6-8-16(14)21/h5-11H,4,12H2,1-3H3,(H,22,25). The zero-order valence-electron chi connectivity index (χ0n) is 15.0. The number of benzene rings is 2. The molecular weight excluding hydrogens is 352 g/mol. The molecule has 3 amide bonds. The largest absolute Gasteiger partial charge is 0.496 e. The van der Waals surface area contributed by atoms with Crippen LogP contribution in [0.4, 0.5) is 4.79 Å². The summed E-state index contributed by atoms with van der Waals surface area (Å²) in [5.74, 6) is 0.471. The molecule has 2 aromatic carbocycles. The van der Waals surface area contributed by atoms with Crippen molar-refractivity contribution in [2.75, 3.05) is 7.11 Å². The van der Waals surface area contributed by atoms with Crippen LogP contribution >= 0.6 is 11.6 Å². The second-order valence-electron chi connectivity index (χ2n) is 6.36. The summed E-state index contributed by atoms with van der Waals surface area (Å²) in [6, 6.07) is 12.3. The number of hydrogen-bond acceptors (Lipinski definition) is 3. The minimum absolute atomic E-state index is 0.140. The highest BCUT2D eigenvalue weighted by Gasteiger charge is 2.51. The third-order valence-electron chi connectivity index (χ3n) is 4.88. The first-order chi connectivity index (χ1) is 12.4. The van der Waals surface area contributed by atoms with Crippen molar-refractivity contribution in [2.24, 2.45) is 0 Å². The van der Waals surface area contributed by atoms with Crippen molar-refractivity contribution in [3.05, 3.63) is 64.2 Å². The van der Waals surface area contributed by atoms with E-state index in [1.807, 2.05) is 50.2 Å². The zero-order chi connectivity index (χ0) is 18.9. The Labute approximate surface area is 157 Å². The van der Waals surface area contributed by atoms with Gasteiger partial charge < -0.3 is 10.1 Å². The molecule has 2 aromatic rings. The number of rotatable bonds is 5. The molecule has 0 bridgehead atoms. The van der Waals surface area contributed by atoms with E-state index >= 15 is 0 Å². The maximum atomic E-state index is 13.2. The number of ether oxygens (including phenoxy) is 1. The van der Waals surface area contributed by atoms with Gasteiger partial charge in [0.05, 0.1) is 13.7 Å². The van der Waals surface area contributed by atoms with E-state index in [4.69, 9.17) is 16.3 Å². The lowest BCUT2D eigenvalue weighted by Crippen LogP contribution is -2.43. The van der Waals surface area contributed by atoms with Crippen molar-refractivity contribution in [3.63, 3.8) is 0 Å². The second-order valence-corrected chi connectivity index (χ2v) is 6.76. The predicted octanol–water partition coefficient (Wildman–Crippen LogP) is 4.01. The number of carbonyl (C=O) groups excluding carboxylic acids is 2. The van der Waals surface area contributed by atoms with E-state index in [1.54, 1.807) is 13.2 Å². The molecular formula is C20H21ClN2O3. The number of amides is 3. The molecule has 3 rings (SSSR count). The van der Waals surface area contributed by atoms with E-state index in [0.717, 1.165) is 22.4 Å². The first-order valence-electron chi connectivity index (χ1n) is 8.45. The number of halogens is 1. The first-order valence-corrected chi connectivity index (χ1v) is 8.83. The van der Waals surface area contributed by atoms with Crippen molar-refractivity contribution >= 4 is 23.5 Å². The molecule has 0 aromatic heterocycles. The minimum atomic E-state index is -1.07. The van der Waals surface area contributed by atoms with Crippen molar-refractivity contribution in [2.45, 2.75) is 32.4 Å². The van der Waals surface area contributed by atoms with Gasteiger partial charge in [-0.3, -0.25) is 9.69 Å². The van der Waals surface area contributed by atoms with Crippen LogP contribution in [-0.2, 0) is 16.9 Å².